The smallest absolute Gasteiger partial charge is 0.410 e. The molecule has 152 valence electrons. The van der Waals surface area contributed by atoms with Crippen LogP contribution in [0.15, 0.2) is 28.8 Å². The molecule has 1 saturated heterocycles. The van der Waals surface area contributed by atoms with E-state index in [1.54, 1.807) is 4.90 Å². The number of likely N-dealkylation sites (tertiary alicyclic amines) is 1. The molecule has 2 heterocycles. The number of hydrogen-bond acceptors (Lipinski definition) is 6. The molecule has 0 spiro atoms. The first-order valence-corrected chi connectivity index (χ1v) is 9.79. The minimum absolute atomic E-state index is 0.229. The molecule has 7 heteroatoms. The van der Waals surface area contributed by atoms with E-state index in [-0.39, 0.29) is 6.09 Å². The van der Waals surface area contributed by atoms with Crippen molar-refractivity contribution in [3.8, 4) is 11.4 Å². The minimum atomic E-state index is -0.459. The van der Waals surface area contributed by atoms with Crippen LogP contribution in [0.5, 0.6) is 0 Å². The summed E-state index contributed by atoms with van der Waals surface area (Å²) in [6.07, 6.45) is 2.33. The van der Waals surface area contributed by atoms with Crippen molar-refractivity contribution in [2.45, 2.75) is 45.6 Å². The number of hydrogen-bond donors (Lipinski definition) is 0. The number of ether oxygens (including phenoxy) is 1. The average molecular weight is 386 g/mol. The number of benzene rings is 1. The van der Waals surface area contributed by atoms with Crippen LogP contribution in [0.1, 0.15) is 39.5 Å². The van der Waals surface area contributed by atoms with Gasteiger partial charge < -0.3 is 19.1 Å². The van der Waals surface area contributed by atoms with Crippen LogP contribution in [-0.4, -0.2) is 53.9 Å². The fraction of sp³-hybridized carbons (Fsp3) is 0.571. The normalized spacial score (nSPS) is 15.5. The van der Waals surface area contributed by atoms with Gasteiger partial charge in [-0.15, -0.1) is 0 Å². The molecular weight excluding hydrogens is 356 g/mol. The van der Waals surface area contributed by atoms with Crippen LogP contribution < -0.4 is 4.90 Å². The number of anilines is 1. The molecule has 7 nitrogen and oxygen atoms in total. The Morgan fingerprint density at radius 1 is 1.21 bits per heavy atom. The Bertz CT molecular complexity index is 785. The van der Waals surface area contributed by atoms with Crippen molar-refractivity contribution in [2.24, 2.45) is 5.92 Å². The maximum atomic E-state index is 12.2. The van der Waals surface area contributed by atoms with Crippen molar-refractivity contribution >= 4 is 11.8 Å². The summed E-state index contributed by atoms with van der Waals surface area (Å²) in [5.74, 6) is 1.71. The fourth-order valence-corrected chi connectivity index (χ4v) is 3.26. The summed E-state index contributed by atoms with van der Waals surface area (Å²) < 4.78 is 10.9. The summed E-state index contributed by atoms with van der Waals surface area (Å²) in [5, 5.41) is 4.13. The second-order valence-electron chi connectivity index (χ2n) is 8.57. The van der Waals surface area contributed by atoms with Crippen molar-refractivity contribution in [1.29, 1.82) is 0 Å². The molecular formula is C21H30N4O3. The van der Waals surface area contributed by atoms with E-state index in [9.17, 15) is 4.79 Å². The molecule has 1 aliphatic heterocycles. The van der Waals surface area contributed by atoms with Crippen LogP contribution in [0, 0.1) is 5.92 Å². The standard InChI is InChI=1S/C21H30N4O3/c1-21(2,3)27-20(26)25-12-10-15(11-13-25)14-18-22-19(23-28-18)16-6-8-17(9-7-16)24(4)5/h6-9,15H,10-14H2,1-5H3. The minimum Gasteiger partial charge on any atom is -0.444 e. The Balaban J connectivity index is 1.53. The van der Waals surface area contributed by atoms with Gasteiger partial charge in [-0.25, -0.2) is 4.79 Å². The van der Waals surface area contributed by atoms with E-state index in [1.807, 2.05) is 59.1 Å². The van der Waals surface area contributed by atoms with E-state index < -0.39 is 5.60 Å². The van der Waals surface area contributed by atoms with Crippen LogP contribution in [0.3, 0.4) is 0 Å². The van der Waals surface area contributed by atoms with Crippen molar-refractivity contribution < 1.29 is 14.1 Å². The molecule has 3 rings (SSSR count). The molecule has 1 amide bonds. The van der Waals surface area contributed by atoms with Gasteiger partial charge in [0.1, 0.15) is 5.60 Å². The van der Waals surface area contributed by atoms with Crippen LogP contribution in [0.25, 0.3) is 11.4 Å². The largest absolute Gasteiger partial charge is 0.444 e. The summed E-state index contributed by atoms with van der Waals surface area (Å²) in [6.45, 7) is 7.07. The first-order chi connectivity index (χ1) is 13.2. The van der Waals surface area contributed by atoms with Crippen molar-refractivity contribution in [3.05, 3.63) is 30.2 Å². The number of aromatic nitrogens is 2. The molecule has 2 aromatic rings. The van der Waals surface area contributed by atoms with E-state index in [4.69, 9.17) is 9.26 Å². The lowest BCUT2D eigenvalue weighted by molar-refractivity contribution is 0.0182. The third-order valence-electron chi connectivity index (χ3n) is 4.84. The Labute approximate surface area is 166 Å². The van der Waals surface area contributed by atoms with E-state index in [0.717, 1.165) is 30.5 Å². The molecule has 1 aromatic heterocycles. The van der Waals surface area contributed by atoms with E-state index in [2.05, 4.69) is 15.0 Å². The second-order valence-corrected chi connectivity index (χ2v) is 8.57. The maximum Gasteiger partial charge on any atom is 0.410 e. The second kappa shape index (κ2) is 8.20. The molecule has 28 heavy (non-hydrogen) atoms. The number of carbonyl (C=O) groups excluding carboxylic acids is 1. The van der Waals surface area contributed by atoms with Gasteiger partial charge in [-0.2, -0.15) is 4.98 Å². The molecule has 0 atom stereocenters. The topological polar surface area (TPSA) is 71.7 Å². The van der Waals surface area contributed by atoms with Gasteiger partial charge in [0.05, 0.1) is 0 Å². The highest BCUT2D eigenvalue weighted by Gasteiger charge is 2.27. The molecule has 1 aromatic carbocycles. The van der Waals surface area contributed by atoms with Crippen molar-refractivity contribution in [3.63, 3.8) is 0 Å². The molecule has 0 bridgehead atoms. The molecule has 0 radical (unpaired) electrons. The van der Waals surface area contributed by atoms with Gasteiger partial charge in [0, 0.05) is 44.9 Å². The third kappa shape index (κ3) is 5.24. The number of nitrogens with zero attached hydrogens (tertiary/aromatic N) is 4. The zero-order chi connectivity index (χ0) is 20.3. The molecule has 1 fully saturated rings. The number of carbonyl (C=O) groups is 1. The van der Waals surface area contributed by atoms with Gasteiger partial charge >= 0.3 is 6.09 Å². The molecule has 0 aliphatic carbocycles. The first kappa shape index (κ1) is 20.2. The fourth-order valence-electron chi connectivity index (χ4n) is 3.26. The Morgan fingerprint density at radius 3 is 2.43 bits per heavy atom. The molecule has 0 saturated carbocycles. The maximum absolute atomic E-state index is 12.2. The van der Waals surface area contributed by atoms with Crippen molar-refractivity contribution in [1.82, 2.24) is 15.0 Å². The summed E-state index contributed by atoms with van der Waals surface area (Å²) in [7, 11) is 4.02. The molecule has 1 aliphatic rings. The van der Waals surface area contributed by atoms with Gasteiger partial charge in [0.25, 0.3) is 0 Å². The summed E-state index contributed by atoms with van der Waals surface area (Å²) >= 11 is 0. The van der Waals surface area contributed by atoms with Gasteiger partial charge in [-0.1, -0.05) is 5.16 Å². The lowest BCUT2D eigenvalue weighted by Crippen LogP contribution is -2.42. The quantitative estimate of drug-likeness (QED) is 0.791. The summed E-state index contributed by atoms with van der Waals surface area (Å²) in [6, 6.07) is 8.09. The summed E-state index contributed by atoms with van der Waals surface area (Å²) in [5.41, 5.74) is 1.61. The molecule has 0 unspecified atom stereocenters. The average Bonchev–Trinajstić information content (AvgIpc) is 3.09. The van der Waals surface area contributed by atoms with Crippen LogP contribution in [-0.2, 0) is 11.2 Å². The van der Waals surface area contributed by atoms with E-state index >= 15 is 0 Å². The number of piperidine rings is 1. The lowest BCUT2D eigenvalue weighted by atomic mass is 9.94. The number of amides is 1. The number of rotatable bonds is 4. The molecule has 0 N–H and O–H groups in total. The monoisotopic (exact) mass is 386 g/mol. The van der Waals surface area contributed by atoms with E-state index in [0.29, 0.717) is 30.7 Å². The zero-order valence-corrected chi connectivity index (χ0v) is 17.4. The zero-order valence-electron chi connectivity index (χ0n) is 17.4. The predicted molar refractivity (Wildman–Crippen MR) is 108 cm³/mol. The van der Waals surface area contributed by atoms with Crippen LogP contribution in [0.4, 0.5) is 10.5 Å². The van der Waals surface area contributed by atoms with Gasteiger partial charge in [-0.3, -0.25) is 0 Å². The first-order valence-electron chi connectivity index (χ1n) is 9.79. The highest BCUT2D eigenvalue weighted by Crippen LogP contribution is 2.25. The van der Waals surface area contributed by atoms with Crippen LogP contribution >= 0.6 is 0 Å². The van der Waals surface area contributed by atoms with E-state index in [1.165, 1.54) is 0 Å². The Kier molecular flexibility index (Phi) is 5.91. The van der Waals surface area contributed by atoms with Gasteiger partial charge in [-0.05, 0) is 63.8 Å². The lowest BCUT2D eigenvalue weighted by Gasteiger charge is -2.33. The van der Waals surface area contributed by atoms with Gasteiger partial charge in [0.15, 0.2) is 0 Å². The van der Waals surface area contributed by atoms with Crippen molar-refractivity contribution in [2.75, 3.05) is 32.1 Å². The summed E-state index contributed by atoms with van der Waals surface area (Å²) in [4.78, 5) is 20.6. The predicted octanol–water partition coefficient (Wildman–Crippen LogP) is 3.99. The SMILES string of the molecule is CN(C)c1ccc(-c2noc(CC3CCN(C(=O)OC(C)(C)C)CC3)n2)cc1. The highest BCUT2D eigenvalue weighted by atomic mass is 16.6. The van der Waals surface area contributed by atoms with Crippen LogP contribution in [0.2, 0.25) is 0 Å². The Morgan fingerprint density at radius 2 is 1.86 bits per heavy atom. The van der Waals surface area contributed by atoms with Gasteiger partial charge in [0.2, 0.25) is 11.7 Å². The highest BCUT2D eigenvalue weighted by molar-refractivity contribution is 5.68. The third-order valence-corrected chi connectivity index (χ3v) is 4.84. The Hall–Kier alpha value is -2.57.